The van der Waals surface area contributed by atoms with Crippen molar-refractivity contribution >= 4 is 17.7 Å². The van der Waals surface area contributed by atoms with Gasteiger partial charge in [0.25, 0.3) is 0 Å². The van der Waals surface area contributed by atoms with Crippen LogP contribution < -0.4 is 9.64 Å². The second-order valence-corrected chi connectivity index (χ2v) is 10.3. The summed E-state index contributed by atoms with van der Waals surface area (Å²) in [6.45, 7) is 1.73. The monoisotopic (exact) mass is 600 g/mol. The second-order valence-electron chi connectivity index (χ2n) is 10.3. The molecule has 0 bridgehead atoms. The van der Waals surface area contributed by atoms with Crippen LogP contribution in [0, 0.1) is 11.2 Å². The number of rotatable bonds is 6. The molecule has 0 radical (unpaired) electrons. The lowest BCUT2D eigenvalue weighted by Crippen LogP contribution is -2.44. The van der Waals surface area contributed by atoms with Gasteiger partial charge in [-0.1, -0.05) is 0 Å². The molecule has 2 saturated heterocycles. The van der Waals surface area contributed by atoms with Gasteiger partial charge in [0, 0.05) is 55.0 Å². The van der Waals surface area contributed by atoms with Gasteiger partial charge in [0.1, 0.15) is 5.82 Å². The lowest BCUT2D eigenvalue weighted by atomic mass is 9.85. The van der Waals surface area contributed by atoms with E-state index in [1.807, 2.05) is 0 Å². The number of halogens is 7. The first-order valence-corrected chi connectivity index (χ1v) is 12.6. The number of ether oxygens (including phenoxy) is 2. The molecule has 0 N–H and O–H groups in total. The number of aromatic nitrogens is 2. The summed E-state index contributed by atoms with van der Waals surface area (Å²) in [7, 11) is 1.14. The highest BCUT2D eigenvalue weighted by Gasteiger charge is 2.48. The van der Waals surface area contributed by atoms with Crippen LogP contribution >= 0.6 is 0 Å². The molecule has 1 spiro atoms. The molecule has 0 saturated carbocycles. The van der Waals surface area contributed by atoms with Crippen molar-refractivity contribution in [1.82, 2.24) is 14.7 Å². The average molecular weight is 600 g/mol. The first-order chi connectivity index (χ1) is 19.6. The third kappa shape index (κ3) is 5.91. The lowest BCUT2D eigenvalue weighted by Gasteiger charge is -2.36. The summed E-state index contributed by atoms with van der Waals surface area (Å²) in [6.07, 6.45) is -9.27. The van der Waals surface area contributed by atoms with E-state index in [0.717, 1.165) is 30.3 Å². The molecule has 3 heterocycles. The Morgan fingerprint density at radius 2 is 1.76 bits per heavy atom. The van der Waals surface area contributed by atoms with Crippen molar-refractivity contribution in [2.24, 2.45) is 5.41 Å². The molecule has 224 valence electrons. The summed E-state index contributed by atoms with van der Waals surface area (Å²) >= 11 is 0. The molecule has 2 aromatic carbocycles. The molecule has 1 aromatic heterocycles. The zero-order chi connectivity index (χ0) is 30.4. The Morgan fingerprint density at radius 1 is 1.07 bits per heavy atom. The molecule has 2 amide bonds. The highest BCUT2D eigenvalue weighted by Crippen LogP contribution is 2.46. The fraction of sp³-hybridized carbons (Fsp3) is 0.370. The molecule has 0 aliphatic carbocycles. The third-order valence-corrected chi connectivity index (χ3v) is 7.16. The van der Waals surface area contributed by atoms with Crippen LogP contribution in [0.3, 0.4) is 0 Å². The highest BCUT2D eigenvalue weighted by molar-refractivity contribution is 5.90. The van der Waals surface area contributed by atoms with E-state index in [0.29, 0.717) is 32.2 Å². The van der Waals surface area contributed by atoms with Crippen LogP contribution in [-0.2, 0) is 28.4 Å². The first-order valence-electron chi connectivity index (χ1n) is 12.6. The van der Waals surface area contributed by atoms with Crippen molar-refractivity contribution < 1.29 is 49.8 Å². The number of benzene rings is 2. The summed E-state index contributed by atoms with van der Waals surface area (Å²) in [5.74, 6) is -1.87. The van der Waals surface area contributed by atoms with E-state index in [2.05, 4.69) is 5.10 Å². The minimum Gasteiger partial charge on any atom is -0.409 e. The number of amides is 2. The molecular weight excluding hydrogens is 577 g/mol. The van der Waals surface area contributed by atoms with Crippen molar-refractivity contribution in [2.45, 2.75) is 25.3 Å². The van der Waals surface area contributed by atoms with Gasteiger partial charge in [0.05, 0.1) is 37.1 Å². The summed E-state index contributed by atoms with van der Waals surface area (Å²) in [5.41, 5.74) is -4.46. The minimum absolute atomic E-state index is 0.0583. The molecular formula is C27H23F7N4O4. The Kier molecular flexibility index (Phi) is 7.41. The fourth-order valence-electron chi connectivity index (χ4n) is 4.87. The molecule has 0 unspecified atom stereocenters. The van der Waals surface area contributed by atoms with E-state index < -0.39 is 46.7 Å². The Hall–Kier alpha value is -4.14. The first kappa shape index (κ1) is 29.4. The topological polar surface area (TPSA) is 76.9 Å². The van der Waals surface area contributed by atoms with Crippen LogP contribution in [0.5, 0.6) is 5.75 Å². The molecule has 8 nitrogen and oxygen atoms in total. The number of hydrogen-bond donors (Lipinski definition) is 0. The Balaban J connectivity index is 1.47. The maximum Gasteiger partial charge on any atom is 0.420 e. The quantitative estimate of drug-likeness (QED) is 0.344. The van der Waals surface area contributed by atoms with Gasteiger partial charge in [-0.2, -0.15) is 31.4 Å². The van der Waals surface area contributed by atoms with Crippen molar-refractivity contribution in [2.75, 3.05) is 38.3 Å². The molecule has 2 fully saturated rings. The van der Waals surface area contributed by atoms with E-state index in [1.54, 1.807) is 4.90 Å². The van der Waals surface area contributed by atoms with Crippen LogP contribution in [0.1, 0.15) is 17.5 Å². The summed E-state index contributed by atoms with van der Waals surface area (Å²) in [6, 6.07) is 4.67. The largest absolute Gasteiger partial charge is 0.420 e. The van der Waals surface area contributed by atoms with E-state index in [4.69, 9.17) is 9.47 Å². The predicted molar refractivity (Wildman–Crippen MR) is 133 cm³/mol. The number of hydrogen-bond acceptors (Lipinski definition) is 5. The number of nitrogens with zero attached hydrogens (tertiary/aromatic N) is 4. The maximum atomic E-state index is 14.1. The van der Waals surface area contributed by atoms with Gasteiger partial charge in [0.15, 0.2) is 5.75 Å². The number of alkyl halides is 6. The Labute approximate surface area is 234 Å². The third-order valence-electron chi connectivity index (χ3n) is 7.16. The SMILES string of the molecule is CN(C(=O)Oc1c(-c2cnn(CCN3CC4(COC4)CC3=O)c2)cc(C(F)(F)F)cc1C(F)(F)F)c1ccc(F)cc1. The summed E-state index contributed by atoms with van der Waals surface area (Å²) in [4.78, 5) is 27.6. The molecule has 5 rings (SSSR count). The number of anilines is 1. The number of likely N-dealkylation sites (tertiary alicyclic amines) is 1. The molecule has 15 heteroatoms. The van der Waals surface area contributed by atoms with Crippen molar-refractivity contribution in [3.8, 4) is 16.9 Å². The van der Waals surface area contributed by atoms with E-state index in [9.17, 15) is 40.3 Å². The van der Waals surface area contributed by atoms with Crippen LogP contribution in [0.4, 0.5) is 41.2 Å². The summed E-state index contributed by atoms with van der Waals surface area (Å²) in [5, 5.41) is 4.05. The van der Waals surface area contributed by atoms with E-state index >= 15 is 0 Å². The Morgan fingerprint density at radius 3 is 2.33 bits per heavy atom. The minimum atomic E-state index is -5.34. The number of carbonyl (C=O) groups excluding carboxylic acids is 2. The van der Waals surface area contributed by atoms with Gasteiger partial charge in [-0.05, 0) is 36.4 Å². The van der Waals surface area contributed by atoms with Crippen molar-refractivity contribution in [3.05, 3.63) is 65.7 Å². The normalized spacial score (nSPS) is 16.6. The van der Waals surface area contributed by atoms with Gasteiger partial charge < -0.3 is 14.4 Å². The van der Waals surface area contributed by atoms with Gasteiger partial charge >= 0.3 is 18.4 Å². The van der Waals surface area contributed by atoms with Crippen LogP contribution in [-0.4, -0.2) is 60.0 Å². The Bertz CT molecular complexity index is 1500. The number of carbonyl (C=O) groups is 2. The standard InChI is InChI=1S/C27H23F7N4O4/c1-36(19-4-2-18(28)3-5-19)24(40)42-23-20(8-17(26(29,30)31)9-21(23)27(32,33)34)16-11-35-38(12-16)7-6-37-13-25(10-22(37)39)14-41-15-25/h2-5,8-9,11-12H,6-7,10,13-15H2,1H3. The maximum absolute atomic E-state index is 14.1. The fourth-order valence-corrected chi connectivity index (χ4v) is 4.87. The molecule has 2 aliphatic heterocycles. The summed E-state index contributed by atoms with van der Waals surface area (Å²) < 4.78 is 108. The molecule has 0 atom stereocenters. The van der Waals surface area contributed by atoms with Gasteiger partial charge in [-0.15, -0.1) is 0 Å². The van der Waals surface area contributed by atoms with Gasteiger partial charge in [-0.25, -0.2) is 9.18 Å². The van der Waals surface area contributed by atoms with Crippen molar-refractivity contribution in [3.63, 3.8) is 0 Å². The average Bonchev–Trinajstić information content (AvgIpc) is 3.50. The van der Waals surface area contributed by atoms with Gasteiger partial charge in [-0.3, -0.25) is 14.4 Å². The predicted octanol–water partition coefficient (Wildman–Crippen LogP) is 5.61. The van der Waals surface area contributed by atoms with Crippen LogP contribution in [0.25, 0.3) is 11.1 Å². The van der Waals surface area contributed by atoms with Crippen molar-refractivity contribution in [1.29, 1.82) is 0 Å². The van der Waals surface area contributed by atoms with Crippen LogP contribution in [0.15, 0.2) is 48.8 Å². The van der Waals surface area contributed by atoms with Gasteiger partial charge in [0.2, 0.25) is 5.91 Å². The zero-order valence-corrected chi connectivity index (χ0v) is 21.9. The zero-order valence-electron chi connectivity index (χ0n) is 21.9. The smallest absolute Gasteiger partial charge is 0.409 e. The molecule has 2 aliphatic rings. The molecule has 42 heavy (non-hydrogen) atoms. The van der Waals surface area contributed by atoms with E-state index in [1.165, 1.54) is 23.0 Å². The molecule has 3 aromatic rings. The second kappa shape index (κ2) is 10.6. The lowest BCUT2D eigenvalue weighted by molar-refractivity contribution is -0.143. The van der Waals surface area contributed by atoms with Crippen LogP contribution in [0.2, 0.25) is 0 Å². The van der Waals surface area contributed by atoms with E-state index in [-0.39, 0.29) is 41.7 Å². The highest BCUT2D eigenvalue weighted by atomic mass is 19.4.